The minimum atomic E-state index is -3.72. The number of hydrogen-bond donors (Lipinski definition) is 1. The summed E-state index contributed by atoms with van der Waals surface area (Å²) in [7, 11) is -3.72. The second kappa shape index (κ2) is 8.60. The fourth-order valence-corrected chi connectivity index (χ4v) is 5.50. The molecule has 1 atom stereocenters. The number of sulfonamides is 1. The molecule has 152 valence electrons. The van der Waals surface area contributed by atoms with Crippen LogP contribution in [-0.4, -0.2) is 67.5 Å². The van der Waals surface area contributed by atoms with E-state index in [2.05, 4.69) is 10.5 Å². The van der Waals surface area contributed by atoms with Gasteiger partial charge in [0.2, 0.25) is 15.9 Å². The van der Waals surface area contributed by atoms with E-state index in [4.69, 9.17) is 4.52 Å². The maximum atomic E-state index is 13.4. The molecular weight excluding hydrogens is 404 g/mol. The molecule has 1 unspecified atom stereocenters. The third-order valence-electron chi connectivity index (χ3n) is 5.13. The predicted molar refractivity (Wildman–Crippen MR) is 106 cm³/mol. The smallest absolute Gasteiger partial charge is 0.243 e. The van der Waals surface area contributed by atoms with Crippen LogP contribution in [0.25, 0.3) is 11.3 Å². The van der Waals surface area contributed by atoms with Crippen molar-refractivity contribution in [2.75, 3.05) is 32.7 Å². The van der Waals surface area contributed by atoms with Crippen LogP contribution in [0.1, 0.15) is 12.8 Å². The number of nitrogens with one attached hydrogen (secondary N) is 1. The van der Waals surface area contributed by atoms with Gasteiger partial charge in [0.1, 0.15) is 0 Å². The number of carbonyl (C=O) groups excluding carboxylic acids is 1. The number of halogens is 1. The third-order valence-corrected chi connectivity index (χ3v) is 7.06. The van der Waals surface area contributed by atoms with E-state index < -0.39 is 10.0 Å². The first-order valence-corrected chi connectivity index (χ1v) is 10.5. The minimum Gasteiger partial charge on any atom is -0.356 e. The Balaban J connectivity index is 0.00000225. The van der Waals surface area contributed by atoms with Crippen LogP contribution >= 0.6 is 12.4 Å². The van der Waals surface area contributed by atoms with Gasteiger partial charge in [0.25, 0.3) is 0 Å². The lowest BCUT2D eigenvalue weighted by Gasteiger charge is -2.40. The Morgan fingerprint density at radius 3 is 2.75 bits per heavy atom. The van der Waals surface area contributed by atoms with Crippen molar-refractivity contribution in [2.24, 2.45) is 0 Å². The van der Waals surface area contributed by atoms with Crippen LogP contribution in [0.3, 0.4) is 0 Å². The van der Waals surface area contributed by atoms with Crippen LogP contribution < -0.4 is 5.32 Å². The van der Waals surface area contributed by atoms with E-state index >= 15 is 0 Å². The Morgan fingerprint density at radius 2 is 2.00 bits per heavy atom. The summed E-state index contributed by atoms with van der Waals surface area (Å²) in [6, 6.07) is 8.35. The van der Waals surface area contributed by atoms with E-state index in [9.17, 15) is 13.2 Å². The molecule has 2 aliphatic rings. The zero-order chi connectivity index (χ0) is 18.9. The molecule has 2 fully saturated rings. The number of piperidine rings is 1. The Hall–Kier alpha value is -1.94. The standard InChI is InChI=1S/C18H22N4O4S.ClH/c23-18-12-19-9-11-22(18)14-4-3-10-21(13-14)27(24,25)17-6-2-1-5-15(17)16-7-8-20-26-16;/h1-2,5-8,14,19H,3-4,9-13H2;1H. The highest BCUT2D eigenvalue weighted by molar-refractivity contribution is 7.89. The lowest BCUT2D eigenvalue weighted by molar-refractivity contribution is -0.135. The lowest BCUT2D eigenvalue weighted by atomic mass is 10.1. The van der Waals surface area contributed by atoms with Gasteiger partial charge in [0.05, 0.1) is 17.6 Å². The summed E-state index contributed by atoms with van der Waals surface area (Å²) < 4.78 is 33.4. The van der Waals surface area contributed by atoms with Crippen LogP contribution in [0.2, 0.25) is 0 Å². The lowest BCUT2D eigenvalue weighted by Crippen LogP contribution is -2.57. The monoisotopic (exact) mass is 426 g/mol. The van der Waals surface area contributed by atoms with Gasteiger partial charge in [0, 0.05) is 43.9 Å². The third kappa shape index (κ3) is 3.93. The maximum Gasteiger partial charge on any atom is 0.243 e. The molecule has 4 rings (SSSR count). The molecule has 8 nitrogen and oxygen atoms in total. The number of nitrogens with zero attached hydrogens (tertiary/aromatic N) is 3. The van der Waals surface area contributed by atoms with Gasteiger partial charge in [-0.05, 0) is 25.0 Å². The van der Waals surface area contributed by atoms with Crippen molar-refractivity contribution < 1.29 is 17.7 Å². The fourth-order valence-electron chi connectivity index (χ4n) is 3.79. The Labute approximate surface area is 170 Å². The molecule has 2 aliphatic heterocycles. The molecule has 3 heterocycles. The number of piperazine rings is 1. The fraction of sp³-hybridized carbons (Fsp3) is 0.444. The molecule has 0 aliphatic carbocycles. The molecule has 2 saturated heterocycles. The zero-order valence-corrected chi connectivity index (χ0v) is 16.9. The van der Waals surface area contributed by atoms with E-state index in [0.717, 1.165) is 19.4 Å². The van der Waals surface area contributed by atoms with Gasteiger partial charge in [0.15, 0.2) is 5.76 Å². The summed E-state index contributed by atoms with van der Waals surface area (Å²) in [5, 5.41) is 6.74. The number of carbonyl (C=O) groups is 1. The molecule has 0 bridgehead atoms. The number of amides is 1. The predicted octanol–water partition coefficient (Wildman–Crippen LogP) is 1.35. The summed E-state index contributed by atoms with van der Waals surface area (Å²) in [4.78, 5) is 14.2. The van der Waals surface area contributed by atoms with Crippen LogP contribution in [0.4, 0.5) is 0 Å². The van der Waals surface area contributed by atoms with E-state index in [1.807, 2.05) is 4.90 Å². The van der Waals surface area contributed by atoms with Gasteiger partial charge < -0.3 is 14.7 Å². The van der Waals surface area contributed by atoms with Gasteiger partial charge in [-0.15, -0.1) is 12.4 Å². The first-order valence-electron chi connectivity index (χ1n) is 9.08. The topological polar surface area (TPSA) is 95.8 Å². The summed E-state index contributed by atoms with van der Waals surface area (Å²) in [6.45, 7) is 2.44. The van der Waals surface area contributed by atoms with Crippen molar-refractivity contribution >= 4 is 28.3 Å². The average Bonchev–Trinajstić information content (AvgIpc) is 3.23. The molecule has 2 aromatic rings. The van der Waals surface area contributed by atoms with Gasteiger partial charge in [-0.1, -0.05) is 17.3 Å². The van der Waals surface area contributed by atoms with E-state index in [1.54, 1.807) is 30.3 Å². The van der Waals surface area contributed by atoms with Gasteiger partial charge in [-0.2, -0.15) is 4.31 Å². The van der Waals surface area contributed by atoms with Crippen molar-refractivity contribution in [2.45, 2.75) is 23.8 Å². The summed E-state index contributed by atoms with van der Waals surface area (Å²) in [5.74, 6) is 0.451. The Kier molecular flexibility index (Phi) is 6.39. The van der Waals surface area contributed by atoms with Crippen molar-refractivity contribution in [1.29, 1.82) is 0 Å². The summed E-state index contributed by atoms with van der Waals surface area (Å²) in [5.41, 5.74) is 0.496. The average molecular weight is 427 g/mol. The summed E-state index contributed by atoms with van der Waals surface area (Å²) in [6.07, 6.45) is 3.04. The maximum absolute atomic E-state index is 13.4. The van der Waals surface area contributed by atoms with Crippen molar-refractivity contribution in [3.63, 3.8) is 0 Å². The molecule has 0 saturated carbocycles. The van der Waals surface area contributed by atoms with Gasteiger partial charge in [-0.3, -0.25) is 4.79 Å². The number of benzene rings is 1. The SMILES string of the molecule is Cl.O=C1CNCCN1C1CCCN(S(=O)(=O)c2ccccc2-c2ccno2)C1. The van der Waals surface area contributed by atoms with E-state index in [-0.39, 0.29) is 29.3 Å². The Morgan fingerprint density at radius 1 is 1.18 bits per heavy atom. The number of aromatic nitrogens is 1. The van der Waals surface area contributed by atoms with Crippen LogP contribution in [-0.2, 0) is 14.8 Å². The summed E-state index contributed by atoms with van der Waals surface area (Å²) >= 11 is 0. The number of hydrogen-bond acceptors (Lipinski definition) is 6. The molecule has 1 aromatic heterocycles. The van der Waals surface area contributed by atoms with Gasteiger partial charge >= 0.3 is 0 Å². The van der Waals surface area contributed by atoms with Gasteiger partial charge in [-0.25, -0.2) is 8.42 Å². The molecular formula is C18H23ClN4O4S. The zero-order valence-electron chi connectivity index (χ0n) is 15.3. The number of rotatable bonds is 4. The van der Waals surface area contributed by atoms with Crippen LogP contribution in [0.5, 0.6) is 0 Å². The molecule has 1 aromatic carbocycles. The van der Waals surface area contributed by atoms with Crippen molar-refractivity contribution in [1.82, 2.24) is 19.7 Å². The second-order valence-electron chi connectivity index (χ2n) is 6.80. The van der Waals surface area contributed by atoms with Crippen LogP contribution in [0, 0.1) is 0 Å². The van der Waals surface area contributed by atoms with Crippen molar-refractivity contribution in [3.8, 4) is 11.3 Å². The first kappa shape index (κ1) is 20.8. The largest absolute Gasteiger partial charge is 0.356 e. The van der Waals surface area contributed by atoms with E-state index in [0.29, 0.717) is 37.5 Å². The van der Waals surface area contributed by atoms with Crippen molar-refractivity contribution in [3.05, 3.63) is 36.5 Å². The molecule has 1 amide bonds. The first-order chi connectivity index (χ1) is 13.1. The minimum absolute atomic E-state index is 0. The molecule has 0 spiro atoms. The molecule has 28 heavy (non-hydrogen) atoms. The normalized spacial score (nSPS) is 21.4. The quantitative estimate of drug-likeness (QED) is 0.792. The Bertz CT molecular complexity index is 919. The molecule has 0 radical (unpaired) electrons. The molecule has 1 N–H and O–H groups in total. The highest BCUT2D eigenvalue weighted by Crippen LogP contribution is 2.31. The molecule has 10 heteroatoms. The second-order valence-corrected chi connectivity index (χ2v) is 8.70. The van der Waals surface area contributed by atoms with Crippen LogP contribution in [0.15, 0.2) is 45.9 Å². The van der Waals surface area contributed by atoms with E-state index in [1.165, 1.54) is 10.5 Å². The highest BCUT2D eigenvalue weighted by atomic mass is 35.5. The highest BCUT2D eigenvalue weighted by Gasteiger charge is 2.36.